The van der Waals surface area contributed by atoms with E-state index in [4.69, 9.17) is 23.2 Å². The minimum Gasteiger partial charge on any atom is -0.321 e. The normalized spacial score (nSPS) is 15.8. The van der Waals surface area contributed by atoms with Gasteiger partial charge in [0.15, 0.2) is 0 Å². The Hall–Kier alpha value is -1.77. The van der Waals surface area contributed by atoms with Crippen LogP contribution in [0.1, 0.15) is 18.1 Å². The smallest absolute Gasteiger partial charge is 0.256 e. The molecule has 20 heavy (non-hydrogen) atoms. The van der Waals surface area contributed by atoms with E-state index >= 15 is 0 Å². The van der Waals surface area contributed by atoms with Gasteiger partial charge in [-0.25, -0.2) is 0 Å². The lowest BCUT2D eigenvalue weighted by molar-refractivity contribution is -0.110. The molecule has 2 nitrogen and oxygen atoms in total. The Morgan fingerprint density at radius 1 is 1.05 bits per heavy atom. The van der Waals surface area contributed by atoms with E-state index < -0.39 is 0 Å². The first kappa shape index (κ1) is 13.2. The Morgan fingerprint density at radius 2 is 1.80 bits per heavy atom. The molecule has 0 spiro atoms. The highest BCUT2D eigenvalue weighted by Crippen LogP contribution is 2.37. The first-order valence-corrected chi connectivity index (χ1v) is 6.90. The van der Waals surface area contributed by atoms with E-state index in [9.17, 15) is 4.79 Å². The maximum Gasteiger partial charge on any atom is 0.256 e. The first-order valence-electron chi connectivity index (χ1n) is 6.15. The van der Waals surface area contributed by atoms with Crippen molar-refractivity contribution in [3.8, 4) is 0 Å². The van der Waals surface area contributed by atoms with Gasteiger partial charge in [0.25, 0.3) is 5.91 Å². The van der Waals surface area contributed by atoms with Gasteiger partial charge in [-0.3, -0.25) is 4.79 Å². The predicted molar refractivity (Wildman–Crippen MR) is 84.0 cm³/mol. The molecule has 0 saturated carbocycles. The molecule has 0 bridgehead atoms. The van der Waals surface area contributed by atoms with Crippen LogP contribution in [0.3, 0.4) is 0 Å². The number of hydrogen-bond donors (Lipinski definition) is 1. The molecule has 0 unspecified atom stereocenters. The number of amides is 1. The van der Waals surface area contributed by atoms with Crippen LogP contribution in [0, 0.1) is 0 Å². The third-order valence-electron chi connectivity index (χ3n) is 3.40. The predicted octanol–water partition coefficient (Wildman–Crippen LogP) is 4.88. The van der Waals surface area contributed by atoms with Gasteiger partial charge in [-0.05, 0) is 36.3 Å². The number of benzene rings is 2. The zero-order valence-corrected chi connectivity index (χ0v) is 12.2. The van der Waals surface area contributed by atoms with Crippen molar-refractivity contribution < 1.29 is 4.79 Å². The Labute approximate surface area is 127 Å². The number of fused-ring (bicyclic) bond motifs is 1. The van der Waals surface area contributed by atoms with E-state index in [0.717, 1.165) is 22.4 Å². The van der Waals surface area contributed by atoms with Crippen molar-refractivity contribution in [3.05, 3.63) is 63.6 Å². The van der Waals surface area contributed by atoms with Crippen LogP contribution >= 0.6 is 23.2 Å². The molecule has 0 radical (unpaired) electrons. The average Bonchev–Trinajstić information content (AvgIpc) is 2.77. The standard InChI is InChI=1S/C16H11Cl2NO/c1-9(10-6-7-12(17)13(18)8-10)15-11-4-2-3-5-14(11)19-16(15)20/h2-8H,1H3,(H,19,20). The van der Waals surface area contributed by atoms with Gasteiger partial charge in [-0.15, -0.1) is 0 Å². The minimum atomic E-state index is -0.0882. The molecule has 1 heterocycles. The monoisotopic (exact) mass is 303 g/mol. The summed E-state index contributed by atoms with van der Waals surface area (Å²) in [6.45, 7) is 1.91. The van der Waals surface area contributed by atoms with Crippen molar-refractivity contribution in [2.24, 2.45) is 0 Å². The fourth-order valence-electron chi connectivity index (χ4n) is 2.36. The van der Waals surface area contributed by atoms with E-state index in [0.29, 0.717) is 15.6 Å². The number of halogens is 2. The topological polar surface area (TPSA) is 29.1 Å². The molecule has 1 aliphatic rings. The van der Waals surface area contributed by atoms with Crippen molar-refractivity contribution in [2.75, 3.05) is 5.32 Å². The summed E-state index contributed by atoms with van der Waals surface area (Å²) in [4.78, 5) is 12.2. The summed E-state index contributed by atoms with van der Waals surface area (Å²) in [6, 6.07) is 13.0. The van der Waals surface area contributed by atoms with E-state index in [1.165, 1.54) is 0 Å². The quantitative estimate of drug-likeness (QED) is 0.748. The summed E-state index contributed by atoms with van der Waals surface area (Å²) >= 11 is 12.0. The van der Waals surface area contributed by atoms with Crippen LogP contribution in [0.4, 0.5) is 5.69 Å². The fourth-order valence-corrected chi connectivity index (χ4v) is 2.66. The summed E-state index contributed by atoms with van der Waals surface area (Å²) < 4.78 is 0. The van der Waals surface area contributed by atoms with E-state index in [-0.39, 0.29) is 5.91 Å². The second kappa shape index (κ2) is 4.97. The van der Waals surface area contributed by atoms with E-state index in [1.54, 1.807) is 12.1 Å². The van der Waals surface area contributed by atoms with Crippen molar-refractivity contribution in [1.82, 2.24) is 0 Å². The second-order valence-corrected chi connectivity index (χ2v) is 5.44. The Balaban J connectivity index is 2.18. The lowest BCUT2D eigenvalue weighted by atomic mass is 9.97. The third-order valence-corrected chi connectivity index (χ3v) is 4.14. The largest absolute Gasteiger partial charge is 0.321 e. The molecule has 0 aromatic heterocycles. The second-order valence-electron chi connectivity index (χ2n) is 4.63. The van der Waals surface area contributed by atoms with Crippen LogP contribution in [0.25, 0.3) is 11.1 Å². The average molecular weight is 304 g/mol. The van der Waals surface area contributed by atoms with Crippen LogP contribution < -0.4 is 5.32 Å². The molecule has 0 aliphatic carbocycles. The van der Waals surface area contributed by atoms with Crippen LogP contribution in [0.2, 0.25) is 10.0 Å². The molecule has 0 saturated heterocycles. The highest BCUT2D eigenvalue weighted by atomic mass is 35.5. The van der Waals surface area contributed by atoms with E-state index in [2.05, 4.69) is 5.32 Å². The minimum absolute atomic E-state index is 0.0882. The zero-order chi connectivity index (χ0) is 14.3. The lowest BCUT2D eigenvalue weighted by Crippen LogP contribution is -2.05. The highest BCUT2D eigenvalue weighted by molar-refractivity contribution is 6.42. The van der Waals surface area contributed by atoms with Crippen molar-refractivity contribution in [2.45, 2.75) is 6.92 Å². The van der Waals surface area contributed by atoms with Gasteiger partial charge in [-0.2, -0.15) is 0 Å². The van der Waals surface area contributed by atoms with Crippen molar-refractivity contribution in [3.63, 3.8) is 0 Å². The molecule has 3 rings (SSSR count). The van der Waals surface area contributed by atoms with Gasteiger partial charge >= 0.3 is 0 Å². The Bertz CT molecular complexity index is 750. The molecule has 2 aromatic carbocycles. The number of nitrogens with one attached hydrogen (secondary N) is 1. The molecule has 100 valence electrons. The van der Waals surface area contributed by atoms with Gasteiger partial charge in [-0.1, -0.05) is 47.5 Å². The van der Waals surface area contributed by atoms with Crippen LogP contribution in [0.15, 0.2) is 42.5 Å². The van der Waals surface area contributed by atoms with Gasteiger partial charge in [0.1, 0.15) is 0 Å². The number of hydrogen-bond acceptors (Lipinski definition) is 1. The summed E-state index contributed by atoms with van der Waals surface area (Å²) in [7, 11) is 0. The molecular formula is C16H11Cl2NO. The summed E-state index contributed by atoms with van der Waals surface area (Å²) in [6.07, 6.45) is 0. The van der Waals surface area contributed by atoms with Gasteiger partial charge < -0.3 is 5.32 Å². The summed E-state index contributed by atoms with van der Waals surface area (Å²) in [5, 5.41) is 3.85. The number of allylic oxidation sites excluding steroid dienone is 1. The maximum atomic E-state index is 12.2. The molecule has 2 aromatic rings. The number of carbonyl (C=O) groups is 1. The molecule has 4 heteroatoms. The first-order chi connectivity index (χ1) is 9.58. The zero-order valence-electron chi connectivity index (χ0n) is 10.7. The molecule has 1 aliphatic heterocycles. The fraction of sp³-hybridized carbons (Fsp3) is 0.0625. The van der Waals surface area contributed by atoms with Crippen LogP contribution in [0.5, 0.6) is 0 Å². The lowest BCUT2D eigenvalue weighted by Gasteiger charge is -2.07. The van der Waals surface area contributed by atoms with Gasteiger partial charge in [0.05, 0.1) is 15.6 Å². The number of anilines is 1. The number of carbonyl (C=O) groups excluding carboxylic acids is 1. The van der Waals surface area contributed by atoms with Crippen LogP contribution in [-0.4, -0.2) is 5.91 Å². The number of rotatable bonds is 1. The molecular weight excluding hydrogens is 293 g/mol. The molecule has 0 atom stereocenters. The van der Waals surface area contributed by atoms with Gasteiger partial charge in [0, 0.05) is 11.3 Å². The van der Waals surface area contributed by atoms with E-state index in [1.807, 2.05) is 37.3 Å². The maximum absolute atomic E-state index is 12.2. The Kier molecular flexibility index (Phi) is 3.28. The molecule has 0 fully saturated rings. The van der Waals surface area contributed by atoms with Crippen molar-refractivity contribution in [1.29, 1.82) is 0 Å². The van der Waals surface area contributed by atoms with Crippen molar-refractivity contribution >= 4 is 45.9 Å². The summed E-state index contributed by atoms with van der Waals surface area (Å²) in [5.41, 5.74) is 4.21. The highest BCUT2D eigenvalue weighted by Gasteiger charge is 2.25. The molecule has 1 N–H and O–H groups in total. The van der Waals surface area contributed by atoms with Crippen LogP contribution in [-0.2, 0) is 4.79 Å². The van der Waals surface area contributed by atoms with Gasteiger partial charge in [0.2, 0.25) is 0 Å². The number of para-hydroxylation sites is 1. The SMILES string of the molecule is CC(=C1C(=O)Nc2ccccc21)c1ccc(Cl)c(Cl)c1. The Morgan fingerprint density at radius 3 is 2.55 bits per heavy atom. The third kappa shape index (κ3) is 2.11. The summed E-state index contributed by atoms with van der Waals surface area (Å²) in [5.74, 6) is -0.0882. The molecule has 1 amide bonds.